The fourth-order valence-electron chi connectivity index (χ4n) is 2.60. The number of amides is 1. The van der Waals surface area contributed by atoms with E-state index in [9.17, 15) is 4.79 Å². The number of carbonyl (C=O) groups excluding carboxylic acids is 1. The molecular weight excluding hydrogens is 266 g/mol. The second-order valence-corrected chi connectivity index (χ2v) is 6.75. The number of hydrogen-bond acceptors (Lipinski definition) is 4. The number of rotatable bonds is 6. The van der Waals surface area contributed by atoms with E-state index in [4.69, 9.17) is 4.74 Å². The van der Waals surface area contributed by atoms with Crippen LogP contribution in [0.4, 0.5) is 4.79 Å². The zero-order valence-corrected chi connectivity index (χ0v) is 14.4. The van der Waals surface area contributed by atoms with Crippen LogP contribution in [-0.2, 0) is 4.74 Å². The summed E-state index contributed by atoms with van der Waals surface area (Å²) in [5, 5.41) is 3.58. The molecule has 0 aliphatic carbocycles. The number of ether oxygens (including phenoxy) is 1. The van der Waals surface area contributed by atoms with Gasteiger partial charge in [0.25, 0.3) is 0 Å². The molecule has 0 saturated carbocycles. The first kappa shape index (κ1) is 18.2. The van der Waals surface area contributed by atoms with Crippen molar-refractivity contribution >= 4 is 6.09 Å². The van der Waals surface area contributed by atoms with Crippen LogP contribution < -0.4 is 5.32 Å². The van der Waals surface area contributed by atoms with Crippen LogP contribution in [0.3, 0.4) is 0 Å². The Morgan fingerprint density at radius 1 is 1.33 bits per heavy atom. The summed E-state index contributed by atoms with van der Waals surface area (Å²) >= 11 is 0. The normalized spacial score (nSPS) is 19.9. The summed E-state index contributed by atoms with van der Waals surface area (Å²) in [4.78, 5) is 16.3. The molecule has 1 saturated heterocycles. The average Bonchev–Trinajstić information content (AvgIpc) is 2.42. The van der Waals surface area contributed by atoms with Crippen LogP contribution in [0.5, 0.6) is 0 Å². The van der Waals surface area contributed by atoms with E-state index in [0.717, 1.165) is 52.1 Å². The third-order valence-corrected chi connectivity index (χ3v) is 3.83. The van der Waals surface area contributed by atoms with Crippen LogP contribution >= 0.6 is 0 Å². The third kappa shape index (κ3) is 7.14. The number of nitrogens with one attached hydrogen (secondary N) is 1. The average molecular weight is 299 g/mol. The van der Waals surface area contributed by atoms with Gasteiger partial charge in [0.1, 0.15) is 5.60 Å². The van der Waals surface area contributed by atoms with Gasteiger partial charge in [-0.25, -0.2) is 4.79 Å². The highest BCUT2D eigenvalue weighted by molar-refractivity contribution is 5.68. The molecule has 1 aliphatic heterocycles. The van der Waals surface area contributed by atoms with Crippen molar-refractivity contribution in [2.24, 2.45) is 0 Å². The summed E-state index contributed by atoms with van der Waals surface area (Å²) in [7, 11) is 0. The minimum Gasteiger partial charge on any atom is -0.444 e. The van der Waals surface area contributed by atoms with Crippen molar-refractivity contribution in [2.75, 3.05) is 39.3 Å². The van der Waals surface area contributed by atoms with Crippen molar-refractivity contribution in [2.45, 2.75) is 59.1 Å². The molecule has 0 bridgehead atoms. The van der Waals surface area contributed by atoms with Gasteiger partial charge in [0.2, 0.25) is 0 Å². The van der Waals surface area contributed by atoms with Crippen molar-refractivity contribution < 1.29 is 9.53 Å². The number of hydrogen-bond donors (Lipinski definition) is 1. The molecule has 124 valence electrons. The lowest BCUT2D eigenvalue weighted by molar-refractivity contribution is 0.0187. The van der Waals surface area contributed by atoms with Gasteiger partial charge < -0.3 is 19.9 Å². The van der Waals surface area contributed by atoms with Crippen LogP contribution in [0.1, 0.15) is 47.5 Å². The number of likely N-dealkylation sites (tertiary alicyclic amines) is 1. The molecule has 1 fully saturated rings. The number of nitrogens with zero attached hydrogens (tertiary/aromatic N) is 2. The van der Waals surface area contributed by atoms with E-state index < -0.39 is 5.60 Å². The second-order valence-electron chi connectivity index (χ2n) is 6.75. The fraction of sp³-hybridized carbons (Fsp3) is 0.938. The maximum atomic E-state index is 12.1. The Kier molecular flexibility index (Phi) is 7.46. The van der Waals surface area contributed by atoms with Gasteiger partial charge in [-0.1, -0.05) is 13.8 Å². The molecule has 1 atom stereocenters. The highest BCUT2D eigenvalue weighted by Gasteiger charge is 2.27. The first-order valence-electron chi connectivity index (χ1n) is 8.29. The number of carbonyl (C=O) groups is 1. The maximum Gasteiger partial charge on any atom is 0.410 e. The first-order valence-corrected chi connectivity index (χ1v) is 8.29. The second kappa shape index (κ2) is 8.59. The molecule has 0 aromatic rings. The lowest BCUT2D eigenvalue weighted by Crippen LogP contribution is -2.50. The molecule has 1 unspecified atom stereocenters. The standard InChI is InChI=1S/C16H33N3O2/c1-6-18(7-2)12-10-17-14-9-8-11-19(13-14)15(20)21-16(3,4)5/h14,17H,6-13H2,1-5H3. The van der Waals surface area contributed by atoms with E-state index in [-0.39, 0.29) is 6.09 Å². The minimum absolute atomic E-state index is 0.183. The Bertz CT molecular complexity index is 311. The van der Waals surface area contributed by atoms with E-state index >= 15 is 0 Å². The Morgan fingerprint density at radius 2 is 2.00 bits per heavy atom. The minimum atomic E-state index is -0.416. The summed E-state index contributed by atoms with van der Waals surface area (Å²) < 4.78 is 5.45. The zero-order valence-electron chi connectivity index (χ0n) is 14.4. The smallest absolute Gasteiger partial charge is 0.410 e. The highest BCUT2D eigenvalue weighted by atomic mass is 16.6. The predicted molar refractivity (Wildman–Crippen MR) is 86.6 cm³/mol. The number of piperidine rings is 1. The van der Waals surface area contributed by atoms with Gasteiger partial charge in [0.15, 0.2) is 0 Å². The van der Waals surface area contributed by atoms with Crippen LogP contribution in [-0.4, -0.2) is 66.8 Å². The summed E-state index contributed by atoms with van der Waals surface area (Å²) in [6.45, 7) is 15.9. The Balaban J connectivity index is 2.33. The van der Waals surface area contributed by atoms with E-state index in [1.165, 1.54) is 0 Å². The zero-order chi connectivity index (χ0) is 15.9. The molecule has 1 heterocycles. The van der Waals surface area contributed by atoms with Crippen LogP contribution in [0.2, 0.25) is 0 Å². The SMILES string of the molecule is CCN(CC)CCNC1CCCN(C(=O)OC(C)(C)C)C1. The largest absolute Gasteiger partial charge is 0.444 e. The molecule has 5 heteroatoms. The molecule has 1 aliphatic rings. The maximum absolute atomic E-state index is 12.1. The van der Waals surface area contributed by atoms with Crippen LogP contribution in [0.15, 0.2) is 0 Å². The highest BCUT2D eigenvalue weighted by Crippen LogP contribution is 2.15. The lowest BCUT2D eigenvalue weighted by Gasteiger charge is -2.34. The van der Waals surface area contributed by atoms with Gasteiger partial charge in [-0.3, -0.25) is 0 Å². The van der Waals surface area contributed by atoms with Gasteiger partial charge in [-0.05, 0) is 46.7 Å². The van der Waals surface area contributed by atoms with Gasteiger partial charge in [-0.15, -0.1) is 0 Å². The van der Waals surface area contributed by atoms with E-state index in [2.05, 4.69) is 24.1 Å². The lowest BCUT2D eigenvalue weighted by atomic mass is 10.1. The van der Waals surface area contributed by atoms with Crippen molar-refractivity contribution in [1.29, 1.82) is 0 Å². The third-order valence-electron chi connectivity index (χ3n) is 3.83. The number of likely N-dealkylation sites (N-methyl/N-ethyl adjacent to an activating group) is 1. The van der Waals surface area contributed by atoms with E-state index in [0.29, 0.717) is 6.04 Å². The molecule has 5 nitrogen and oxygen atoms in total. The van der Waals surface area contributed by atoms with Gasteiger partial charge >= 0.3 is 6.09 Å². The fourth-order valence-corrected chi connectivity index (χ4v) is 2.60. The van der Waals surface area contributed by atoms with Crippen LogP contribution in [0, 0.1) is 0 Å². The van der Waals surface area contributed by atoms with Crippen molar-refractivity contribution in [3.8, 4) is 0 Å². The first-order chi connectivity index (χ1) is 9.85. The molecule has 21 heavy (non-hydrogen) atoms. The Hall–Kier alpha value is -0.810. The topological polar surface area (TPSA) is 44.8 Å². The van der Waals surface area contributed by atoms with Gasteiger partial charge in [0, 0.05) is 32.2 Å². The van der Waals surface area contributed by atoms with Gasteiger partial charge in [-0.2, -0.15) is 0 Å². The Labute approximate surface area is 130 Å². The molecule has 1 rings (SSSR count). The monoisotopic (exact) mass is 299 g/mol. The molecule has 1 amide bonds. The quantitative estimate of drug-likeness (QED) is 0.817. The van der Waals surface area contributed by atoms with Gasteiger partial charge in [0.05, 0.1) is 0 Å². The molecular formula is C16H33N3O2. The molecule has 0 aromatic carbocycles. The molecule has 1 N–H and O–H groups in total. The molecule has 0 aromatic heterocycles. The summed E-state index contributed by atoms with van der Waals surface area (Å²) in [6.07, 6.45) is 2.00. The Morgan fingerprint density at radius 3 is 2.57 bits per heavy atom. The predicted octanol–water partition coefficient (Wildman–Crippen LogP) is 2.32. The molecule has 0 radical (unpaired) electrons. The van der Waals surface area contributed by atoms with Crippen molar-refractivity contribution in [3.63, 3.8) is 0 Å². The summed E-state index contributed by atoms with van der Waals surface area (Å²) in [5.41, 5.74) is -0.416. The summed E-state index contributed by atoms with van der Waals surface area (Å²) in [5.74, 6) is 0. The van der Waals surface area contributed by atoms with E-state index in [1.807, 2.05) is 25.7 Å². The summed E-state index contributed by atoms with van der Waals surface area (Å²) in [6, 6.07) is 0.391. The van der Waals surface area contributed by atoms with Crippen LogP contribution in [0.25, 0.3) is 0 Å². The molecule has 0 spiro atoms. The van der Waals surface area contributed by atoms with Crippen molar-refractivity contribution in [3.05, 3.63) is 0 Å². The van der Waals surface area contributed by atoms with Crippen molar-refractivity contribution in [1.82, 2.24) is 15.1 Å². The van der Waals surface area contributed by atoms with E-state index in [1.54, 1.807) is 0 Å².